The van der Waals surface area contributed by atoms with Crippen LogP contribution in [0.15, 0.2) is 21.3 Å². The quantitative estimate of drug-likeness (QED) is 0.122. The van der Waals surface area contributed by atoms with E-state index in [9.17, 15) is 52.7 Å². The molecule has 5 heterocycles. The van der Waals surface area contributed by atoms with E-state index in [0.29, 0.717) is 24.8 Å². The molecule has 90 heavy (non-hydrogen) atoms. The van der Waals surface area contributed by atoms with Crippen molar-refractivity contribution in [2.75, 3.05) is 53.1 Å². The Morgan fingerprint density at radius 3 is 1.62 bits per heavy atom. The summed E-state index contributed by atoms with van der Waals surface area (Å²) in [4.78, 5) is 198. The van der Waals surface area contributed by atoms with Crippen LogP contribution in [-0.4, -0.2) is 202 Å². The van der Waals surface area contributed by atoms with E-state index >= 15 is 9.59 Å². The molecule has 6 N–H and O–H groups in total. The Hall–Kier alpha value is -8.52. The third-order valence-corrected chi connectivity index (χ3v) is 17.9. The molecule has 0 saturated carbocycles. The summed E-state index contributed by atoms with van der Waals surface area (Å²) in [5, 5.41) is 10.7. The SMILES string of the molecule is Cc1c2oc3c(C)ccc(C(=O)NC4C(=O)NC(C(C)C)C(=O)N5CCCC5C(=O)N(C)CC(=O)C(C)C(C(C)C)C(=O)OC4C)c3nc-2c(C(=O)NC2C(=O)NC(C(C)C)C(=O)N3CCCC3C(=O)N(C)CC(=O)N(C)C(C(C)C)C(=O)OC2C)c(N)c1=O. The predicted molar refractivity (Wildman–Crippen MR) is 327 cm³/mol. The lowest BCUT2D eigenvalue weighted by Crippen LogP contribution is -2.61. The number of likely N-dealkylation sites (N-methyl/N-ethyl adjacent to an activating group) is 3. The first-order valence-corrected chi connectivity index (χ1v) is 30.8. The minimum Gasteiger partial charge on any atom is -0.460 e. The molecule has 27 heteroatoms. The van der Waals surface area contributed by atoms with Gasteiger partial charge in [0.05, 0.1) is 35.8 Å². The van der Waals surface area contributed by atoms with Gasteiger partial charge >= 0.3 is 11.9 Å². The van der Waals surface area contributed by atoms with Gasteiger partial charge in [0.25, 0.3) is 11.8 Å². The van der Waals surface area contributed by atoms with Crippen molar-refractivity contribution in [3.63, 3.8) is 0 Å². The van der Waals surface area contributed by atoms with Gasteiger partial charge in [-0.25, -0.2) is 9.78 Å². The van der Waals surface area contributed by atoms with E-state index < -0.39 is 190 Å². The minimum atomic E-state index is -1.88. The molecule has 11 unspecified atom stereocenters. The summed E-state index contributed by atoms with van der Waals surface area (Å²) in [7, 11) is 4.24. The number of nitrogen functional groups attached to an aromatic ring is 1. The molecule has 27 nitrogen and oxygen atoms in total. The summed E-state index contributed by atoms with van der Waals surface area (Å²) in [5.41, 5.74) is 3.61. The normalized spacial score (nSPS) is 27.0. The number of nitrogens with zero attached hydrogens (tertiary/aromatic N) is 6. The Labute approximate surface area is 522 Å². The number of hydrogen-bond acceptors (Lipinski definition) is 18. The topological polar surface area (TPSA) is 357 Å². The van der Waals surface area contributed by atoms with Gasteiger partial charge in [0.15, 0.2) is 17.1 Å². The highest BCUT2D eigenvalue weighted by Crippen LogP contribution is 2.36. The van der Waals surface area contributed by atoms with Crippen molar-refractivity contribution in [2.24, 2.45) is 35.5 Å². The van der Waals surface area contributed by atoms with Crippen LogP contribution in [0, 0.1) is 49.4 Å². The first-order valence-electron chi connectivity index (χ1n) is 30.8. The van der Waals surface area contributed by atoms with E-state index in [1.54, 1.807) is 69.2 Å². The maximum absolute atomic E-state index is 15.2. The molecule has 0 aromatic heterocycles. The van der Waals surface area contributed by atoms with Crippen molar-refractivity contribution >= 4 is 87.7 Å². The first kappa shape index (κ1) is 69.0. The number of anilines is 1. The number of esters is 2. The van der Waals surface area contributed by atoms with Crippen LogP contribution in [0.1, 0.15) is 134 Å². The Kier molecular flexibility index (Phi) is 21.2. The number of nitrogens with two attached hydrogens (primary N) is 1. The van der Waals surface area contributed by atoms with Crippen LogP contribution < -0.4 is 32.4 Å². The van der Waals surface area contributed by atoms with Crippen molar-refractivity contribution in [2.45, 2.75) is 170 Å². The van der Waals surface area contributed by atoms with Crippen molar-refractivity contribution in [3.8, 4) is 11.5 Å². The van der Waals surface area contributed by atoms with E-state index in [-0.39, 0.29) is 54.0 Å². The largest absolute Gasteiger partial charge is 0.460 e. The van der Waals surface area contributed by atoms with Gasteiger partial charge in [0, 0.05) is 45.7 Å². The number of benzene rings is 2. The second-order valence-corrected chi connectivity index (χ2v) is 25.9. The first-order chi connectivity index (χ1) is 42.1. The van der Waals surface area contributed by atoms with E-state index in [4.69, 9.17) is 24.6 Å². The van der Waals surface area contributed by atoms with Crippen LogP contribution in [0.4, 0.5) is 5.69 Å². The zero-order valence-electron chi connectivity index (χ0n) is 54.3. The number of cyclic esters (lactones) is 2. The fraction of sp³-hybridized carbons (Fsp3) is 0.619. The van der Waals surface area contributed by atoms with Gasteiger partial charge in [-0.15, -0.1) is 0 Å². The Morgan fingerprint density at radius 1 is 0.644 bits per heavy atom. The number of Topliss-reactive ketones (excluding diaryl/α,β-unsaturated/α-hetero) is 1. The highest BCUT2D eigenvalue weighted by Gasteiger charge is 2.47. The lowest BCUT2D eigenvalue weighted by molar-refractivity contribution is -0.163. The van der Waals surface area contributed by atoms with Gasteiger partial charge in [-0.1, -0.05) is 68.4 Å². The average Bonchev–Trinajstić information content (AvgIpc) is 0.893. The molecule has 1 aliphatic carbocycles. The van der Waals surface area contributed by atoms with Gasteiger partial charge in [-0.2, -0.15) is 0 Å². The summed E-state index contributed by atoms with van der Waals surface area (Å²) in [6, 6.07) is -6.59. The van der Waals surface area contributed by atoms with E-state index in [2.05, 4.69) is 21.3 Å². The standard InChI is InChI=1S/C63H87N11O16/c1-27(2)41-32(10)39(75)25-70(14)58(82)37-19-17-23-73(37)60(84)44(28(3)4)66-56(80)46(34(12)88-62(41)86)68-54(78)36-22-21-31(9)52-48(36)65-49-42(43(64)51(77)33(11)53(49)90-52)55(79)69-47-35(13)89-63(87)50(30(7)8)72(16)40(76)26-71(15)59(83)38-20-18-24-74(38)61(85)45(29(5)6)67-57(47)81/h21-22,27-30,32,34-35,37-38,41,44-47,50H,17-20,23-26,64H2,1-16H3,(H,66,80)(H,67,81)(H,68,78)(H,69,79). The monoisotopic (exact) mass is 1250 g/mol. The smallest absolute Gasteiger partial charge is 0.329 e. The third kappa shape index (κ3) is 13.8. The molecule has 4 saturated heterocycles. The van der Waals surface area contributed by atoms with Gasteiger partial charge in [0.2, 0.25) is 46.8 Å². The summed E-state index contributed by atoms with van der Waals surface area (Å²) in [5.74, 6) is -14.0. The predicted octanol–water partition coefficient (Wildman–Crippen LogP) is 1.72. The summed E-state index contributed by atoms with van der Waals surface area (Å²) >= 11 is 0. The van der Waals surface area contributed by atoms with Gasteiger partial charge in [0.1, 0.15) is 65.7 Å². The van der Waals surface area contributed by atoms with Crippen molar-refractivity contribution in [1.82, 2.24) is 50.8 Å². The summed E-state index contributed by atoms with van der Waals surface area (Å²) < 4.78 is 18.3. The number of amides is 9. The fourth-order valence-corrected chi connectivity index (χ4v) is 12.6. The third-order valence-electron chi connectivity index (χ3n) is 17.9. The van der Waals surface area contributed by atoms with Gasteiger partial charge < -0.3 is 65.4 Å². The number of nitrogens with one attached hydrogen (secondary N) is 4. The molecule has 1 aromatic carbocycles. The summed E-state index contributed by atoms with van der Waals surface area (Å²) in [6.45, 7) is 20.1. The Balaban J connectivity index is 1.32. The number of rotatable bonds is 8. The number of fused-ring (bicyclic) bond motifs is 4. The molecule has 6 aliphatic rings. The molecule has 490 valence electrons. The number of carbonyl (C=O) groups is 12. The van der Waals surface area contributed by atoms with Crippen LogP contribution in [0.3, 0.4) is 0 Å². The Morgan fingerprint density at radius 2 is 1.13 bits per heavy atom. The highest BCUT2D eigenvalue weighted by molar-refractivity contribution is 6.10. The van der Waals surface area contributed by atoms with Crippen molar-refractivity contribution in [3.05, 3.63) is 44.6 Å². The van der Waals surface area contributed by atoms with Crippen LogP contribution >= 0.6 is 0 Å². The number of hydrogen-bond donors (Lipinski definition) is 5. The average molecular weight is 1250 g/mol. The minimum absolute atomic E-state index is 0.0708. The van der Waals surface area contributed by atoms with Crippen molar-refractivity contribution < 1.29 is 71.4 Å². The molecule has 0 radical (unpaired) electrons. The maximum Gasteiger partial charge on any atom is 0.329 e. The number of ether oxygens (including phenoxy) is 2. The fourth-order valence-electron chi connectivity index (χ4n) is 12.6. The highest BCUT2D eigenvalue weighted by atomic mass is 16.6. The summed E-state index contributed by atoms with van der Waals surface area (Å²) in [6.07, 6.45) is -1.60. The zero-order valence-corrected chi connectivity index (χ0v) is 54.3. The number of carbonyl (C=O) groups excluding carboxylic acids is 12. The molecule has 1 aromatic rings. The van der Waals surface area contributed by atoms with E-state index in [0.717, 1.165) is 4.90 Å². The zero-order chi connectivity index (χ0) is 67.0. The molecule has 4 fully saturated rings. The molecule has 5 aliphatic heterocycles. The van der Waals surface area contributed by atoms with Crippen molar-refractivity contribution in [1.29, 1.82) is 0 Å². The lowest BCUT2D eigenvalue weighted by atomic mass is 9.81. The lowest BCUT2D eigenvalue weighted by Gasteiger charge is -2.36. The molecule has 0 spiro atoms. The molecular weight excluding hydrogens is 1170 g/mol. The second kappa shape index (κ2) is 27.7. The van der Waals surface area contributed by atoms with Gasteiger partial charge in [-0.05, 0) is 88.7 Å². The number of aromatic nitrogens is 1. The van der Waals surface area contributed by atoms with Crippen LogP contribution in [0.25, 0.3) is 22.6 Å². The second-order valence-electron chi connectivity index (χ2n) is 25.9. The van der Waals surface area contributed by atoms with Gasteiger partial charge in [-0.3, -0.25) is 57.5 Å². The van der Waals surface area contributed by atoms with E-state index in [1.165, 1.54) is 73.6 Å². The molecule has 7 rings (SSSR count). The van der Waals surface area contributed by atoms with Crippen LogP contribution in [0.5, 0.6) is 0 Å². The molecular formula is C63H87N11O16. The molecule has 11 atom stereocenters. The van der Waals surface area contributed by atoms with Crippen LogP contribution in [-0.2, 0) is 57.4 Å². The van der Waals surface area contributed by atoms with E-state index in [1.807, 2.05) is 0 Å². The maximum atomic E-state index is 15.2. The molecule has 0 bridgehead atoms. The molecule has 9 amide bonds. The van der Waals surface area contributed by atoms with Crippen LogP contribution in [0.2, 0.25) is 0 Å². The number of ketones is 1. The Bertz CT molecular complexity index is 3410. The number of aryl methyl sites for hydroxylation is 1.